The highest BCUT2D eigenvalue weighted by Gasteiger charge is 2.13. The number of hydrogen-bond acceptors (Lipinski definition) is 6. The van der Waals surface area contributed by atoms with Gasteiger partial charge in [0.1, 0.15) is 0 Å². The lowest BCUT2D eigenvalue weighted by Crippen LogP contribution is -2.05. The number of nitrogens with zero attached hydrogens (tertiary/aromatic N) is 2. The van der Waals surface area contributed by atoms with E-state index in [0.29, 0.717) is 18.1 Å². The number of rotatable bonds is 3. The van der Waals surface area contributed by atoms with E-state index in [-0.39, 0.29) is 12.1 Å². The number of hydrogen-bond donors (Lipinski definition) is 2. The minimum absolute atomic E-state index is 0.155. The summed E-state index contributed by atoms with van der Waals surface area (Å²) >= 11 is 5.72. The molecule has 0 unspecified atom stereocenters. The number of benzene rings is 1. The summed E-state index contributed by atoms with van der Waals surface area (Å²) in [5.41, 5.74) is 7.23. The van der Waals surface area contributed by atoms with Crippen LogP contribution in [0.25, 0.3) is 0 Å². The summed E-state index contributed by atoms with van der Waals surface area (Å²) in [6.07, 6.45) is 1.47. The van der Waals surface area contributed by atoms with Gasteiger partial charge in [0.05, 0.1) is 11.9 Å². The van der Waals surface area contributed by atoms with Crippen LogP contribution in [0.3, 0.4) is 0 Å². The van der Waals surface area contributed by atoms with Crippen LogP contribution in [0.1, 0.15) is 5.56 Å². The van der Waals surface area contributed by atoms with E-state index in [1.165, 1.54) is 6.20 Å². The first-order valence-electron chi connectivity index (χ1n) is 5.63. The normalized spacial score (nSPS) is 12.5. The van der Waals surface area contributed by atoms with Gasteiger partial charge in [0, 0.05) is 6.54 Å². The molecule has 1 aromatic heterocycles. The highest BCUT2D eigenvalue weighted by molar-refractivity contribution is 6.28. The lowest BCUT2D eigenvalue weighted by molar-refractivity contribution is 0.174. The van der Waals surface area contributed by atoms with Crippen molar-refractivity contribution in [3.63, 3.8) is 0 Å². The second kappa shape index (κ2) is 4.81. The lowest BCUT2D eigenvalue weighted by Gasteiger charge is -2.08. The third kappa shape index (κ3) is 2.48. The average molecular weight is 279 g/mol. The number of nitrogens with one attached hydrogen (secondary N) is 1. The number of anilines is 2. The molecule has 98 valence electrons. The Morgan fingerprint density at radius 2 is 2.16 bits per heavy atom. The Hall–Kier alpha value is -2.21. The molecule has 19 heavy (non-hydrogen) atoms. The minimum Gasteiger partial charge on any atom is -0.454 e. The highest BCUT2D eigenvalue weighted by Crippen LogP contribution is 2.32. The second-order valence-electron chi connectivity index (χ2n) is 3.98. The fraction of sp³-hybridized carbons (Fsp3) is 0.167. The maximum atomic E-state index is 5.75. The highest BCUT2D eigenvalue weighted by atomic mass is 35.5. The van der Waals surface area contributed by atoms with Crippen molar-refractivity contribution in [1.29, 1.82) is 0 Å². The molecule has 0 saturated heterocycles. The van der Waals surface area contributed by atoms with E-state index in [0.717, 1.165) is 17.1 Å². The van der Waals surface area contributed by atoms with Gasteiger partial charge in [-0.2, -0.15) is 4.98 Å². The van der Waals surface area contributed by atoms with Crippen LogP contribution in [-0.2, 0) is 6.54 Å². The second-order valence-corrected chi connectivity index (χ2v) is 4.32. The zero-order chi connectivity index (χ0) is 13.2. The molecule has 0 radical (unpaired) electrons. The van der Waals surface area contributed by atoms with Crippen LogP contribution < -0.4 is 20.5 Å². The molecule has 1 aromatic carbocycles. The molecule has 0 aliphatic carbocycles. The van der Waals surface area contributed by atoms with E-state index in [4.69, 9.17) is 26.8 Å². The van der Waals surface area contributed by atoms with Gasteiger partial charge in [-0.1, -0.05) is 6.07 Å². The number of fused-ring (bicyclic) bond motifs is 1. The van der Waals surface area contributed by atoms with Gasteiger partial charge < -0.3 is 20.5 Å². The van der Waals surface area contributed by atoms with E-state index >= 15 is 0 Å². The van der Waals surface area contributed by atoms with Crippen LogP contribution in [0.15, 0.2) is 24.4 Å². The Balaban J connectivity index is 1.74. The quantitative estimate of drug-likeness (QED) is 0.836. The molecule has 0 bridgehead atoms. The Bertz CT molecular complexity index is 621. The summed E-state index contributed by atoms with van der Waals surface area (Å²) < 4.78 is 10.6. The van der Waals surface area contributed by atoms with Crippen LogP contribution in [0.2, 0.25) is 5.28 Å². The van der Waals surface area contributed by atoms with Gasteiger partial charge in [0.2, 0.25) is 12.1 Å². The molecule has 2 aromatic rings. The van der Waals surface area contributed by atoms with Gasteiger partial charge in [-0.05, 0) is 29.3 Å². The monoisotopic (exact) mass is 278 g/mol. The third-order valence-electron chi connectivity index (χ3n) is 2.68. The van der Waals surface area contributed by atoms with E-state index < -0.39 is 0 Å². The summed E-state index contributed by atoms with van der Waals surface area (Å²) in [6, 6.07) is 5.73. The molecule has 0 fully saturated rings. The Labute approximate surface area is 114 Å². The lowest BCUT2D eigenvalue weighted by atomic mass is 10.2. The van der Waals surface area contributed by atoms with Crippen LogP contribution in [0.5, 0.6) is 11.5 Å². The molecule has 1 aliphatic heterocycles. The van der Waals surface area contributed by atoms with Gasteiger partial charge in [-0.25, -0.2) is 4.98 Å². The van der Waals surface area contributed by atoms with Crippen LogP contribution >= 0.6 is 11.6 Å². The van der Waals surface area contributed by atoms with Crippen molar-refractivity contribution in [3.05, 3.63) is 35.2 Å². The van der Waals surface area contributed by atoms with Crippen LogP contribution in [0, 0.1) is 0 Å². The van der Waals surface area contributed by atoms with Gasteiger partial charge in [0.25, 0.3) is 0 Å². The molecule has 0 saturated carbocycles. The molecule has 1 aliphatic rings. The van der Waals surface area contributed by atoms with Crippen molar-refractivity contribution >= 4 is 23.1 Å². The predicted octanol–water partition coefficient (Wildman–Crippen LogP) is 2.05. The largest absolute Gasteiger partial charge is 0.454 e. The fourth-order valence-corrected chi connectivity index (χ4v) is 1.88. The Kier molecular flexibility index (Phi) is 3.00. The molecule has 3 rings (SSSR count). The summed E-state index contributed by atoms with van der Waals surface area (Å²) in [7, 11) is 0. The van der Waals surface area contributed by atoms with E-state index in [9.17, 15) is 0 Å². The third-order valence-corrected chi connectivity index (χ3v) is 2.87. The number of aromatic nitrogens is 2. The molecular formula is C12H11ClN4O2. The van der Waals surface area contributed by atoms with Crippen molar-refractivity contribution in [2.75, 3.05) is 17.8 Å². The molecule has 0 atom stereocenters. The maximum Gasteiger partial charge on any atom is 0.231 e. The van der Waals surface area contributed by atoms with Gasteiger partial charge in [-0.15, -0.1) is 0 Å². The van der Waals surface area contributed by atoms with Gasteiger partial charge >= 0.3 is 0 Å². The first-order chi connectivity index (χ1) is 9.22. The standard InChI is InChI=1S/C12H11ClN4O2/c13-12-16-5-8(14)11(17-12)15-4-7-1-2-9-10(3-7)19-6-18-9/h1-3,5H,4,6,14H2,(H,15,16,17). The SMILES string of the molecule is Nc1cnc(Cl)nc1NCc1ccc2c(c1)OCO2. The van der Waals surface area contributed by atoms with Crippen molar-refractivity contribution in [2.45, 2.75) is 6.54 Å². The van der Waals surface area contributed by atoms with Crippen molar-refractivity contribution < 1.29 is 9.47 Å². The summed E-state index contributed by atoms with van der Waals surface area (Å²) in [5.74, 6) is 2.01. The maximum absolute atomic E-state index is 5.75. The van der Waals surface area contributed by atoms with E-state index in [2.05, 4.69) is 15.3 Å². The summed E-state index contributed by atoms with van der Waals surface area (Å²) in [4.78, 5) is 7.82. The van der Waals surface area contributed by atoms with Crippen molar-refractivity contribution in [1.82, 2.24) is 9.97 Å². The number of ether oxygens (including phenoxy) is 2. The molecular weight excluding hydrogens is 268 g/mol. The van der Waals surface area contributed by atoms with E-state index in [1.807, 2.05) is 18.2 Å². The summed E-state index contributed by atoms with van der Waals surface area (Å²) in [5, 5.41) is 3.26. The molecule has 2 heterocycles. The summed E-state index contributed by atoms with van der Waals surface area (Å²) in [6.45, 7) is 0.814. The molecule has 3 N–H and O–H groups in total. The Morgan fingerprint density at radius 1 is 1.32 bits per heavy atom. The van der Waals surface area contributed by atoms with Gasteiger partial charge in [0.15, 0.2) is 17.3 Å². The minimum atomic E-state index is 0.155. The molecule has 7 heteroatoms. The van der Waals surface area contributed by atoms with Crippen molar-refractivity contribution in [2.24, 2.45) is 0 Å². The van der Waals surface area contributed by atoms with Gasteiger partial charge in [-0.3, -0.25) is 0 Å². The van der Waals surface area contributed by atoms with E-state index in [1.54, 1.807) is 0 Å². The van der Waals surface area contributed by atoms with Crippen molar-refractivity contribution in [3.8, 4) is 11.5 Å². The zero-order valence-corrected chi connectivity index (χ0v) is 10.6. The number of nitrogen functional groups attached to an aromatic ring is 1. The average Bonchev–Trinajstić information content (AvgIpc) is 2.87. The fourth-order valence-electron chi connectivity index (χ4n) is 1.75. The molecule has 0 spiro atoms. The zero-order valence-electron chi connectivity index (χ0n) is 9.89. The molecule has 0 amide bonds. The van der Waals surface area contributed by atoms with Crippen LogP contribution in [-0.4, -0.2) is 16.8 Å². The number of halogens is 1. The topological polar surface area (TPSA) is 82.3 Å². The predicted molar refractivity (Wildman–Crippen MR) is 71.3 cm³/mol. The Morgan fingerprint density at radius 3 is 3.05 bits per heavy atom. The first kappa shape index (κ1) is 11.9. The number of nitrogens with two attached hydrogens (primary N) is 1. The smallest absolute Gasteiger partial charge is 0.231 e. The van der Waals surface area contributed by atoms with Crippen LogP contribution in [0.4, 0.5) is 11.5 Å². The first-order valence-corrected chi connectivity index (χ1v) is 6.00. The molecule has 6 nitrogen and oxygen atoms in total.